The van der Waals surface area contributed by atoms with Gasteiger partial charge in [-0.2, -0.15) is 0 Å². The highest BCUT2D eigenvalue weighted by atomic mass is 19.1. The molecule has 43 heavy (non-hydrogen) atoms. The van der Waals surface area contributed by atoms with E-state index in [-0.39, 0.29) is 41.4 Å². The minimum Gasteiger partial charge on any atom is -0.452 e. The topological polar surface area (TPSA) is 132 Å². The van der Waals surface area contributed by atoms with Crippen molar-refractivity contribution >= 4 is 23.5 Å². The number of ether oxygens (including phenoxy) is 2. The molecular formula is C30H28F2N6O5. The predicted octanol–water partition coefficient (Wildman–Crippen LogP) is 3.77. The van der Waals surface area contributed by atoms with Gasteiger partial charge in [0.1, 0.15) is 11.4 Å². The van der Waals surface area contributed by atoms with Crippen LogP contribution >= 0.6 is 0 Å². The van der Waals surface area contributed by atoms with Crippen molar-refractivity contribution in [3.8, 4) is 17.2 Å². The van der Waals surface area contributed by atoms with E-state index in [1.807, 2.05) is 0 Å². The van der Waals surface area contributed by atoms with Gasteiger partial charge in [0.15, 0.2) is 17.3 Å². The zero-order valence-corrected chi connectivity index (χ0v) is 23.2. The first-order valence-electron chi connectivity index (χ1n) is 13.5. The molecule has 0 saturated carbocycles. The number of carbonyl (C=O) groups excluding carboxylic acids is 1. The molecule has 0 spiro atoms. The number of aromatic nitrogens is 3. The molecule has 0 bridgehead atoms. The average Bonchev–Trinajstić information content (AvgIpc) is 3.01. The Kier molecular flexibility index (Phi) is 8.71. The minimum absolute atomic E-state index is 0.0386. The molecule has 0 radical (unpaired) electrons. The number of hydrogen-bond acceptors (Lipinski definition) is 8. The van der Waals surface area contributed by atoms with Crippen LogP contribution in [-0.2, 0) is 17.7 Å². The number of anilines is 2. The van der Waals surface area contributed by atoms with Crippen LogP contribution in [0, 0.1) is 17.0 Å². The molecule has 1 fully saturated rings. The first-order chi connectivity index (χ1) is 20.8. The Bertz CT molecular complexity index is 1780. The van der Waals surface area contributed by atoms with E-state index in [0.717, 1.165) is 34.7 Å². The smallest absolute Gasteiger partial charge is 0.335 e. The predicted molar refractivity (Wildman–Crippen MR) is 156 cm³/mol. The average molecular weight is 591 g/mol. The lowest BCUT2D eigenvalue weighted by Crippen LogP contribution is -2.42. The van der Waals surface area contributed by atoms with Crippen LogP contribution in [0.4, 0.5) is 20.2 Å². The Morgan fingerprint density at radius 1 is 1.07 bits per heavy atom. The Balaban J connectivity index is 1.40. The fourth-order valence-electron chi connectivity index (χ4n) is 4.58. The summed E-state index contributed by atoms with van der Waals surface area (Å²) < 4.78 is 41.9. The van der Waals surface area contributed by atoms with Crippen molar-refractivity contribution in [1.82, 2.24) is 14.1 Å². The van der Waals surface area contributed by atoms with Gasteiger partial charge in [-0.05, 0) is 43.3 Å². The fraction of sp³-hybridized carbons (Fsp3) is 0.233. The third-order valence-electron chi connectivity index (χ3n) is 6.82. The van der Waals surface area contributed by atoms with E-state index in [0.29, 0.717) is 32.0 Å². The highest BCUT2D eigenvalue weighted by Crippen LogP contribution is 2.31. The van der Waals surface area contributed by atoms with E-state index in [1.54, 1.807) is 19.2 Å². The normalized spacial score (nSPS) is 13.0. The second-order valence-electron chi connectivity index (χ2n) is 9.58. The summed E-state index contributed by atoms with van der Waals surface area (Å²) in [5, 5.41) is 9.97. The summed E-state index contributed by atoms with van der Waals surface area (Å²) >= 11 is 0. The van der Waals surface area contributed by atoms with Gasteiger partial charge >= 0.3 is 5.69 Å². The van der Waals surface area contributed by atoms with Gasteiger partial charge in [0, 0.05) is 56.3 Å². The molecule has 1 amide bonds. The van der Waals surface area contributed by atoms with Gasteiger partial charge in [-0.1, -0.05) is 0 Å². The lowest BCUT2D eigenvalue weighted by molar-refractivity contribution is 0.102. The van der Waals surface area contributed by atoms with E-state index in [9.17, 15) is 18.8 Å². The summed E-state index contributed by atoms with van der Waals surface area (Å²) in [6, 6.07) is 10.2. The van der Waals surface area contributed by atoms with Gasteiger partial charge < -0.3 is 25.1 Å². The number of nitrogens with zero attached hydrogens (tertiary/aromatic N) is 4. The van der Waals surface area contributed by atoms with Crippen LogP contribution in [0.15, 0.2) is 70.5 Å². The standard InChI is InChI=1S/C30H28F2N6O5/c1-2-36-18-23(29(40)38(30(36)41)21-6-3-19(31)4-7-21)28(39)35-20-5-8-26(24(32)15-20)43-27-16-22(17-34-25(27)9-10-33)37-11-13-42-14-12-37/h3-8,10,15-18,33H,2,9,11-14H2,1H3,(H,35,39). The molecule has 222 valence electrons. The maximum absolute atomic E-state index is 15.2. The molecule has 13 heteroatoms. The van der Waals surface area contributed by atoms with Gasteiger partial charge in [-0.15, -0.1) is 0 Å². The number of morpholine rings is 1. The molecule has 1 aliphatic heterocycles. The largest absolute Gasteiger partial charge is 0.452 e. The molecule has 0 unspecified atom stereocenters. The monoisotopic (exact) mass is 590 g/mol. The second-order valence-corrected chi connectivity index (χ2v) is 9.58. The molecule has 2 N–H and O–H groups in total. The summed E-state index contributed by atoms with van der Waals surface area (Å²) in [4.78, 5) is 45.7. The van der Waals surface area contributed by atoms with Gasteiger partial charge in [-0.3, -0.25) is 19.1 Å². The zero-order chi connectivity index (χ0) is 30.5. The summed E-state index contributed by atoms with van der Waals surface area (Å²) in [6.45, 7) is 4.29. The number of rotatable bonds is 9. The van der Waals surface area contributed by atoms with Crippen LogP contribution in [0.1, 0.15) is 23.0 Å². The van der Waals surface area contributed by atoms with Crippen molar-refractivity contribution in [3.05, 3.63) is 105 Å². The summed E-state index contributed by atoms with van der Waals surface area (Å²) in [5.74, 6) is -2.07. The van der Waals surface area contributed by atoms with Crippen molar-refractivity contribution in [1.29, 1.82) is 5.41 Å². The van der Waals surface area contributed by atoms with Crippen LogP contribution in [0.3, 0.4) is 0 Å². The molecule has 0 atom stereocenters. The number of hydrogen-bond donors (Lipinski definition) is 2. The lowest BCUT2D eigenvalue weighted by atomic mass is 10.2. The summed E-state index contributed by atoms with van der Waals surface area (Å²) in [6.07, 6.45) is 4.17. The fourth-order valence-corrected chi connectivity index (χ4v) is 4.58. The molecule has 3 heterocycles. The first-order valence-corrected chi connectivity index (χ1v) is 13.5. The maximum Gasteiger partial charge on any atom is 0.335 e. The molecule has 1 saturated heterocycles. The highest BCUT2D eigenvalue weighted by molar-refractivity contribution is 6.03. The quantitative estimate of drug-likeness (QED) is 0.284. The van der Waals surface area contributed by atoms with Gasteiger partial charge in [-0.25, -0.2) is 18.1 Å². The van der Waals surface area contributed by atoms with Crippen LogP contribution in [0.2, 0.25) is 0 Å². The van der Waals surface area contributed by atoms with Crippen LogP contribution < -0.4 is 26.2 Å². The number of nitrogens with one attached hydrogen (secondary N) is 2. The first kappa shape index (κ1) is 29.3. The molecule has 11 nitrogen and oxygen atoms in total. The Hall–Kier alpha value is -5.17. The maximum atomic E-state index is 15.2. The number of benzene rings is 2. The van der Waals surface area contributed by atoms with Crippen LogP contribution in [0.5, 0.6) is 11.5 Å². The van der Waals surface area contributed by atoms with E-state index < -0.39 is 28.8 Å². The number of carbonyl (C=O) groups is 1. The van der Waals surface area contributed by atoms with E-state index >= 15 is 4.39 Å². The lowest BCUT2D eigenvalue weighted by Gasteiger charge is -2.29. The van der Waals surface area contributed by atoms with Gasteiger partial charge in [0.05, 0.1) is 36.5 Å². The van der Waals surface area contributed by atoms with Crippen molar-refractivity contribution in [2.75, 3.05) is 36.5 Å². The highest BCUT2D eigenvalue weighted by Gasteiger charge is 2.20. The van der Waals surface area contributed by atoms with Crippen LogP contribution in [0.25, 0.3) is 5.69 Å². The molecule has 2 aromatic carbocycles. The Morgan fingerprint density at radius 3 is 2.49 bits per heavy atom. The SMILES string of the molecule is CCn1cc(C(=O)Nc2ccc(Oc3cc(N4CCOCC4)cnc3CC=N)c(F)c2)c(=O)n(-c2ccc(F)cc2)c1=O. The van der Waals surface area contributed by atoms with Crippen LogP contribution in [-0.4, -0.2) is 52.5 Å². The van der Waals surface area contributed by atoms with Gasteiger partial charge in [0.2, 0.25) is 0 Å². The zero-order valence-electron chi connectivity index (χ0n) is 23.2. The molecule has 1 aliphatic rings. The molecular weight excluding hydrogens is 562 g/mol. The third kappa shape index (κ3) is 6.36. The number of pyridine rings is 1. The molecule has 2 aromatic heterocycles. The molecule has 4 aromatic rings. The van der Waals surface area contributed by atoms with E-state index in [4.69, 9.17) is 14.9 Å². The Labute approximate surface area is 244 Å². The van der Waals surface area contributed by atoms with E-state index in [2.05, 4.69) is 15.2 Å². The van der Waals surface area contributed by atoms with E-state index in [1.165, 1.54) is 35.0 Å². The van der Waals surface area contributed by atoms with Crippen molar-refractivity contribution in [2.45, 2.75) is 19.9 Å². The van der Waals surface area contributed by atoms with Crippen molar-refractivity contribution < 1.29 is 23.0 Å². The second kappa shape index (κ2) is 12.8. The summed E-state index contributed by atoms with van der Waals surface area (Å²) in [5.41, 5.74) is -0.618. The minimum atomic E-state index is -0.911. The van der Waals surface area contributed by atoms with Crippen molar-refractivity contribution in [2.24, 2.45) is 0 Å². The molecule has 5 rings (SSSR count). The number of amides is 1. The Morgan fingerprint density at radius 2 is 1.81 bits per heavy atom. The van der Waals surface area contributed by atoms with Crippen molar-refractivity contribution in [3.63, 3.8) is 0 Å². The summed E-state index contributed by atoms with van der Waals surface area (Å²) in [7, 11) is 0. The van der Waals surface area contributed by atoms with Gasteiger partial charge in [0.25, 0.3) is 11.5 Å². The third-order valence-corrected chi connectivity index (χ3v) is 6.82. The number of halogens is 2. The molecule has 0 aliphatic carbocycles. The number of aryl methyl sites for hydroxylation is 1.